The van der Waals surface area contributed by atoms with E-state index in [9.17, 15) is 13.6 Å². The average molecular weight is 435 g/mol. The van der Waals surface area contributed by atoms with Crippen molar-refractivity contribution >= 4 is 6.09 Å². The maximum absolute atomic E-state index is 14.6. The zero-order valence-electron chi connectivity index (χ0n) is 18.9. The fourth-order valence-corrected chi connectivity index (χ4v) is 3.94. The summed E-state index contributed by atoms with van der Waals surface area (Å²) in [4.78, 5) is 19.1. The summed E-state index contributed by atoms with van der Waals surface area (Å²) in [6.45, 7) is 6.73. The number of likely N-dealkylation sites (N-methyl/N-ethyl adjacent to an activating group) is 1. The van der Waals surface area contributed by atoms with Gasteiger partial charge in [-0.2, -0.15) is 0 Å². The van der Waals surface area contributed by atoms with Gasteiger partial charge in [-0.1, -0.05) is 12.1 Å². The zero-order valence-corrected chi connectivity index (χ0v) is 18.9. The highest BCUT2D eigenvalue weighted by molar-refractivity contribution is 5.68. The van der Waals surface area contributed by atoms with Crippen LogP contribution in [-0.4, -0.2) is 46.8 Å². The molecule has 1 aromatic carbocycles. The number of carbonyl (C=O) groups excluding carboxylic acids is 1. The second kappa shape index (κ2) is 9.34. The Bertz CT molecular complexity index is 921. The first-order valence-electron chi connectivity index (χ1n) is 10.7. The van der Waals surface area contributed by atoms with Crippen LogP contribution in [0.3, 0.4) is 0 Å². The van der Waals surface area contributed by atoms with Crippen molar-refractivity contribution in [1.29, 1.82) is 0 Å². The summed E-state index contributed by atoms with van der Waals surface area (Å²) in [5.41, 5.74) is 0.744. The summed E-state index contributed by atoms with van der Waals surface area (Å²) in [5, 5.41) is 2.93. The second-order valence-electron chi connectivity index (χ2n) is 9.39. The van der Waals surface area contributed by atoms with Gasteiger partial charge in [0.25, 0.3) is 0 Å². The molecule has 1 aliphatic rings. The number of nitrogens with zero attached hydrogens (tertiary/aromatic N) is 3. The van der Waals surface area contributed by atoms with Crippen LogP contribution >= 0.6 is 0 Å². The molecular formula is C23H32F2N4O2. The summed E-state index contributed by atoms with van der Waals surface area (Å²) in [6, 6.07) is 3.94. The fraction of sp³-hybridized carbons (Fsp3) is 0.565. The predicted molar refractivity (Wildman–Crippen MR) is 115 cm³/mol. The lowest BCUT2D eigenvalue weighted by Crippen LogP contribution is -2.35. The van der Waals surface area contributed by atoms with Crippen LogP contribution in [0.5, 0.6) is 0 Å². The van der Waals surface area contributed by atoms with Crippen LogP contribution in [0.25, 0.3) is 0 Å². The number of ether oxygens (including phenoxy) is 1. The Hall–Kier alpha value is -2.48. The van der Waals surface area contributed by atoms with Crippen molar-refractivity contribution in [2.24, 2.45) is 0 Å². The van der Waals surface area contributed by atoms with E-state index in [1.54, 1.807) is 6.07 Å². The third kappa shape index (κ3) is 5.81. The Labute approximate surface area is 182 Å². The Balaban J connectivity index is 1.92. The van der Waals surface area contributed by atoms with Gasteiger partial charge in [0.2, 0.25) is 0 Å². The molecule has 0 bridgehead atoms. The van der Waals surface area contributed by atoms with Crippen molar-refractivity contribution < 1.29 is 18.3 Å². The third-order valence-corrected chi connectivity index (χ3v) is 5.41. The molecule has 3 rings (SSSR count). The molecule has 2 heterocycles. The molecule has 0 radical (unpaired) electrons. The number of hydrogen-bond acceptors (Lipinski definition) is 4. The summed E-state index contributed by atoms with van der Waals surface area (Å²) >= 11 is 0. The molecule has 2 atom stereocenters. The van der Waals surface area contributed by atoms with E-state index in [0.29, 0.717) is 24.9 Å². The van der Waals surface area contributed by atoms with Crippen LogP contribution in [0, 0.1) is 11.6 Å². The molecular weight excluding hydrogens is 402 g/mol. The zero-order chi connectivity index (χ0) is 22.8. The van der Waals surface area contributed by atoms with Crippen LogP contribution in [0.4, 0.5) is 13.6 Å². The highest BCUT2D eigenvalue weighted by Gasteiger charge is 2.31. The monoisotopic (exact) mass is 434 g/mol. The van der Waals surface area contributed by atoms with E-state index in [1.165, 1.54) is 6.07 Å². The molecule has 1 amide bonds. The lowest BCUT2D eigenvalue weighted by molar-refractivity contribution is 0.0498. The summed E-state index contributed by atoms with van der Waals surface area (Å²) in [7, 11) is 4.00. The molecule has 170 valence electrons. The minimum absolute atomic E-state index is 0.229. The third-order valence-electron chi connectivity index (χ3n) is 5.41. The van der Waals surface area contributed by atoms with E-state index in [1.807, 2.05) is 45.6 Å². The number of amides is 1. The lowest BCUT2D eigenvalue weighted by atomic mass is 9.93. The van der Waals surface area contributed by atoms with Crippen LogP contribution in [0.1, 0.15) is 62.7 Å². The highest BCUT2D eigenvalue weighted by Crippen LogP contribution is 2.35. The summed E-state index contributed by atoms with van der Waals surface area (Å²) in [5.74, 6) is -1.16. The molecule has 2 aromatic rings. The normalized spacial score (nSPS) is 19.1. The molecule has 0 fully saturated rings. The van der Waals surface area contributed by atoms with Gasteiger partial charge in [-0.3, -0.25) is 0 Å². The first-order chi connectivity index (χ1) is 14.5. The van der Waals surface area contributed by atoms with E-state index >= 15 is 0 Å². The molecule has 0 aliphatic carbocycles. The number of imidazole rings is 1. The number of rotatable bonds is 5. The van der Waals surface area contributed by atoms with E-state index in [2.05, 4.69) is 15.2 Å². The average Bonchev–Trinajstić information content (AvgIpc) is 2.97. The summed E-state index contributed by atoms with van der Waals surface area (Å²) < 4.78 is 35.9. The van der Waals surface area contributed by atoms with Crippen molar-refractivity contribution in [3.63, 3.8) is 0 Å². The molecule has 6 nitrogen and oxygen atoms in total. The summed E-state index contributed by atoms with van der Waals surface area (Å²) in [6.07, 6.45) is 3.18. The van der Waals surface area contributed by atoms with Crippen LogP contribution < -0.4 is 5.32 Å². The Kier molecular flexibility index (Phi) is 6.99. The van der Waals surface area contributed by atoms with Gasteiger partial charge < -0.3 is 19.5 Å². The van der Waals surface area contributed by atoms with Gasteiger partial charge in [0.05, 0.1) is 6.04 Å². The number of halogens is 2. The first kappa shape index (κ1) is 23.2. The quantitative estimate of drug-likeness (QED) is 0.757. The lowest BCUT2D eigenvalue weighted by Gasteiger charge is -2.23. The molecule has 1 N–H and O–H groups in total. The smallest absolute Gasteiger partial charge is 0.408 e. The van der Waals surface area contributed by atoms with Crippen molar-refractivity contribution in [1.82, 2.24) is 19.8 Å². The molecule has 1 aliphatic heterocycles. The number of hydrogen-bond donors (Lipinski definition) is 1. The van der Waals surface area contributed by atoms with Gasteiger partial charge in [0, 0.05) is 37.3 Å². The van der Waals surface area contributed by atoms with Gasteiger partial charge in [-0.05, 0) is 59.3 Å². The van der Waals surface area contributed by atoms with Gasteiger partial charge in [-0.25, -0.2) is 18.6 Å². The van der Waals surface area contributed by atoms with Gasteiger partial charge >= 0.3 is 6.09 Å². The van der Waals surface area contributed by atoms with E-state index in [0.717, 1.165) is 30.6 Å². The maximum Gasteiger partial charge on any atom is 0.408 e. The topological polar surface area (TPSA) is 59.4 Å². The minimum atomic E-state index is -0.844. The van der Waals surface area contributed by atoms with Gasteiger partial charge in [0.1, 0.15) is 11.4 Å². The molecule has 0 unspecified atom stereocenters. The van der Waals surface area contributed by atoms with E-state index in [4.69, 9.17) is 4.74 Å². The molecule has 0 saturated carbocycles. The van der Waals surface area contributed by atoms with Gasteiger partial charge in [0.15, 0.2) is 11.6 Å². The standard InChI is InChI=1S/C23H32F2N4O2/c1-23(2,3)31-22(30)27-19-10-9-15(17-7-6-8-18(24)20(17)25)14-29-16(11-12-28(4)5)13-26-21(19)29/h6-8,13,15,19H,9-12,14H2,1-5H3,(H,27,30)/t15-,19-/m1/s1. The molecule has 8 heteroatoms. The molecule has 0 saturated heterocycles. The van der Waals surface area contributed by atoms with Crippen molar-refractivity contribution in [2.75, 3.05) is 20.6 Å². The number of carbonyl (C=O) groups is 1. The first-order valence-corrected chi connectivity index (χ1v) is 10.7. The van der Waals surface area contributed by atoms with Crippen molar-refractivity contribution in [3.05, 3.63) is 53.1 Å². The van der Waals surface area contributed by atoms with E-state index in [-0.39, 0.29) is 12.0 Å². The predicted octanol–water partition coefficient (Wildman–Crippen LogP) is 4.41. The number of fused-ring (bicyclic) bond motifs is 1. The van der Waals surface area contributed by atoms with Crippen molar-refractivity contribution in [3.8, 4) is 0 Å². The van der Waals surface area contributed by atoms with Crippen LogP contribution in [0.15, 0.2) is 24.4 Å². The molecule has 31 heavy (non-hydrogen) atoms. The number of aromatic nitrogens is 2. The number of alkyl carbamates (subject to hydrolysis) is 1. The molecule has 1 aromatic heterocycles. The van der Waals surface area contributed by atoms with Crippen LogP contribution in [-0.2, 0) is 17.7 Å². The second-order valence-corrected chi connectivity index (χ2v) is 9.39. The highest BCUT2D eigenvalue weighted by atomic mass is 19.2. The Morgan fingerprint density at radius 2 is 2.03 bits per heavy atom. The number of benzene rings is 1. The Morgan fingerprint density at radius 3 is 2.71 bits per heavy atom. The SMILES string of the molecule is CN(C)CCc1cnc2n1C[C@H](c1cccc(F)c1F)CC[C@H]2NC(=O)OC(C)(C)C. The van der Waals surface area contributed by atoms with Crippen molar-refractivity contribution in [2.45, 2.75) is 64.1 Å². The van der Waals surface area contributed by atoms with E-state index < -0.39 is 23.3 Å². The maximum atomic E-state index is 14.6. The number of nitrogens with one attached hydrogen (secondary N) is 1. The minimum Gasteiger partial charge on any atom is -0.444 e. The molecule has 0 spiro atoms. The van der Waals surface area contributed by atoms with Gasteiger partial charge in [-0.15, -0.1) is 0 Å². The Morgan fingerprint density at radius 1 is 1.29 bits per heavy atom. The fourth-order valence-electron chi connectivity index (χ4n) is 3.94. The van der Waals surface area contributed by atoms with Crippen LogP contribution in [0.2, 0.25) is 0 Å². The largest absolute Gasteiger partial charge is 0.444 e.